The standard InChI is InChI=1S/C19H22ClN3O2/c1-25-18-6-5-14(20)12-17(18)19(24)22-15-7-10-23(11-8-15)13-16-4-2-3-9-21-16/h2-6,9,12,15H,7-8,10-11,13H2,1H3,(H,22,24). The predicted molar refractivity (Wildman–Crippen MR) is 98.0 cm³/mol. The first-order chi connectivity index (χ1) is 12.2. The summed E-state index contributed by atoms with van der Waals surface area (Å²) in [6, 6.07) is 11.2. The summed E-state index contributed by atoms with van der Waals surface area (Å²) in [6.07, 6.45) is 3.66. The van der Waals surface area contributed by atoms with E-state index in [2.05, 4.69) is 15.2 Å². The number of carbonyl (C=O) groups is 1. The third kappa shape index (κ3) is 4.71. The fourth-order valence-electron chi connectivity index (χ4n) is 3.08. The number of nitrogens with zero attached hydrogens (tertiary/aromatic N) is 2. The van der Waals surface area contributed by atoms with Crippen molar-refractivity contribution in [3.63, 3.8) is 0 Å². The zero-order valence-corrected chi connectivity index (χ0v) is 15.0. The van der Waals surface area contributed by atoms with Gasteiger partial charge in [-0.2, -0.15) is 0 Å². The molecule has 0 unspecified atom stereocenters. The Bertz CT molecular complexity index is 716. The van der Waals surface area contributed by atoms with Crippen molar-refractivity contribution in [2.75, 3.05) is 20.2 Å². The predicted octanol–water partition coefficient (Wildman–Crippen LogP) is 3.14. The summed E-state index contributed by atoms with van der Waals surface area (Å²) in [5.41, 5.74) is 1.56. The molecule has 1 aromatic carbocycles. The molecule has 0 saturated carbocycles. The molecule has 1 aliphatic rings. The molecule has 6 heteroatoms. The van der Waals surface area contributed by atoms with Gasteiger partial charge in [0, 0.05) is 36.9 Å². The molecule has 1 aromatic heterocycles. The van der Waals surface area contributed by atoms with Gasteiger partial charge in [0.1, 0.15) is 5.75 Å². The van der Waals surface area contributed by atoms with E-state index in [1.165, 1.54) is 0 Å². The molecule has 132 valence electrons. The Morgan fingerprint density at radius 3 is 2.80 bits per heavy atom. The highest BCUT2D eigenvalue weighted by Crippen LogP contribution is 2.23. The van der Waals surface area contributed by atoms with Crippen molar-refractivity contribution in [2.24, 2.45) is 0 Å². The third-order valence-electron chi connectivity index (χ3n) is 4.44. The maximum atomic E-state index is 12.5. The molecule has 0 atom stereocenters. The SMILES string of the molecule is COc1ccc(Cl)cc1C(=O)NC1CCN(Cc2ccccn2)CC1. The molecule has 2 aromatic rings. The molecule has 1 aliphatic heterocycles. The molecule has 1 N–H and O–H groups in total. The number of aromatic nitrogens is 1. The van der Waals surface area contributed by atoms with Crippen molar-refractivity contribution in [3.8, 4) is 5.75 Å². The largest absolute Gasteiger partial charge is 0.496 e. The summed E-state index contributed by atoms with van der Waals surface area (Å²) in [4.78, 5) is 19.3. The third-order valence-corrected chi connectivity index (χ3v) is 4.68. The number of methoxy groups -OCH3 is 1. The maximum Gasteiger partial charge on any atom is 0.255 e. The average molecular weight is 360 g/mol. The Hall–Kier alpha value is -2.11. The van der Waals surface area contributed by atoms with Crippen LogP contribution in [0, 0.1) is 0 Å². The van der Waals surface area contributed by atoms with Gasteiger partial charge >= 0.3 is 0 Å². The van der Waals surface area contributed by atoms with Gasteiger partial charge < -0.3 is 10.1 Å². The van der Waals surface area contributed by atoms with Crippen LogP contribution in [0.15, 0.2) is 42.6 Å². The lowest BCUT2D eigenvalue weighted by Gasteiger charge is -2.32. The van der Waals surface area contributed by atoms with Crippen molar-refractivity contribution < 1.29 is 9.53 Å². The summed E-state index contributed by atoms with van der Waals surface area (Å²) in [6.45, 7) is 2.73. The zero-order chi connectivity index (χ0) is 17.6. The Balaban J connectivity index is 1.54. The van der Waals surface area contributed by atoms with Gasteiger partial charge in [-0.1, -0.05) is 17.7 Å². The highest BCUT2D eigenvalue weighted by molar-refractivity contribution is 6.31. The van der Waals surface area contributed by atoms with E-state index in [-0.39, 0.29) is 11.9 Å². The van der Waals surface area contributed by atoms with Crippen molar-refractivity contribution in [1.29, 1.82) is 0 Å². The van der Waals surface area contributed by atoms with Crippen LogP contribution >= 0.6 is 11.6 Å². The van der Waals surface area contributed by atoms with E-state index in [4.69, 9.17) is 16.3 Å². The quantitative estimate of drug-likeness (QED) is 0.891. The van der Waals surface area contributed by atoms with Gasteiger partial charge in [-0.3, -0.25) is 14.7 Å². The zero-order valence-electron chi connectivity index (χ0n) is 14.2. The van der Waals surface area contributed by atoms with Crippen LogP contribution in [0.1, 0.15) is 28.9 Å². The minimum Gasteiger partial charge on any atom is -0.496 e. The lowest BCUT2D eigenvalue weighted by molar-refractivity contribution is 0.0905. The second-order valence-corrected chi connectivity index (χ2v) is 6.63. The number of carbonyl (C=O) groups excluding carboxylic acids is 1. The van der Waals surface area contributed by atoms with Crippen LogP contribution in [0.3, 0.4) is 0 Å². The molecule has 1 amide bonds. The molecule has 2 heterocycles. The number of hydrogen-bond acceptors (Lipinski definition) is 4. The molecule has 0 aliphatic carbocycles. The van der Waals surface area contributed by atoms with Gasteiger partial charge in [0.15, 0.2) is 0 Å². The Kier molecular flexibility index (Phi) is 5.89. The van der Waals surface area contributed by atoms with E-state index in [0.29, 0.717) is 16.3 Å². The van der Waals surface area contributed by atoms with Gasteiger partial charge in [-0.15, -0.1) is 0 Å². The minimum absolute atomic E-state index is 0.137. The van der Waals surface area contributed by atoms with E-state index < -0.39 is 0 Å². The van der Waals surface area contributed by atoms with Crippen LogP contribution < -0.4 is 10.1 Å². The van der Waals surface area contributed by atoms with Crippen LogP contribution in [0.5, 0.6) is 5.75 Å². The van der Waals surface area contributed by atoms with Crippen molar-refractivity contribution in [1.82, 2.24) is 15.2 Å². The van der Waals surface area contributed by atoms with E-state index >= 15 is 0 Å². The molecule has 5 nitrogen and oxygen atoms in total. The smallest absolute Gasteiger partial charge is 0.255 e. The van der Waals surface area contributed by atoms with Crippen LogP contribution in [0.4, 0.5) is 0 Å². The topological polar surface area (TPSA) is 54.5 Å². The second-order valence-electron chi connectivity index (χ2n) is 6.19. The van der Waals surface area contributed by atoms with E-state index in [0.717, 1.165) is 38.2 Å². The van der Waals surface area contributed by atoms with Gasteiger partial charge in [0.2, 0.25) is 0 Å². The number of halogens is 1. The fraction of sp³-hybridized carbons (Fsp3) is 0.368. The molecule has 3 rings (SSSR count). The first kappa shape index (κ1) is 17.7. The molecular formula is C19H22ClN3O2. The molecular weight excluding hydrogens is 338 g/mol. The van der Waals surface area contributed by atoms with E-state index in [1.54, 1.807) is 25.3 Å². The fourth-order valence-corrected chi connectivity index (χ4v) is 3.25. The number of amides is 1. The maximum absolute atomic E-state index is 12.5. The summed E-state index contributed by atoms with van der Waals surface area (Å²) in [7, 11) is 1.55. The molecule has 0 radical (unpaired) electrons. The summed E-state index contributed by atoms with van der Waals surface area (Å²) >= 11 is 6.01. The Morgan fingerprint density at radius 1 is 1.32 bits per heavy atom. The molecule has 1 saturated heterocycles. The number of likely N-dealkylation sites (tertiary alicyclic amines) is 1. The van der Waals surface area contributed by atoms with E-state index in [1.807, 2.05) is 24.4 Å². The van der Waals surface area contributed by atoms with Crippen molar-refractivity contribution >= 4 is 17.5 Å². The highest BCUT2D eigenvalue weighted by atomic mass is 35.5. The van der Waals surface area contributed by atoms with Gasteiger partial charge in [-0.25, -0.2) is 0 Å². The number of piperidine rings is 1. The monoisotopic (exact) mass is 359 g/mol. The van der Waals surface area contributed by atoms with Crippen LogP contribution in [-0.2, 0) is 6.54 Å². The normalized spacial score (nSPS) is 15.8. The Morgan fingerprint density at radius 2 is 2.12 bits per heavy atom. The van der Waals surface area contributed by atoms with Gasteiger partial charge in [-0.05, 0) is 43.2 Å². The van der Waals surface area contributed by atoms with Gasteiger partial charge in [0.25, 0.3) is 5.91 Å². The second kappa shape index (κ2) is 8.32. The number of rotatable bonds is 5. The van der Waals surface area contributed by atoms with Crippen molar-refractivity contribution in [2.45, 2.75) is 25.4 Å². The summed E-state index contributed by atoms with van der Waals surface area (Å²) < 4.78 is 5.26. The first-order valence-corrected chi connectivity index (χ1v) is 8.80. The summed E-state index contributed by atoms with van der Waals surface area (Å²) in [5.74, 6) is 0.400. The first-order valence-electron chi connectivity index (χ1n) is 8.42. The van der Waals surface area contributed by atoms with Crippen LogP contribution in [-0.4, -0.2) is 42.0 Å². The lowest BCUT2D eigenvalue weighted by atomic mass is 10.0. The Labute approximate surface area is 153 Å². The lowest BCUT2D eigenvalue weighted by Crippen LogP contribution is -2.44. The average Bonchev–Trinajstić information content (AvgIpc) is 2.64. The van der Waals surface area contributed by atoms with Crippen LogP contribution in [0.2, 0.25) is 5.02 Å². The number of hydrogen-bond donors (Lipinski definition) is 1. The molecule has 0 spiro atoms. The molecule has 25 heavy (non-hydrogen) atoms. The van der Waals surface area contributed by atoms with Gasteiger partial charge in [0.05, 0.1) is 18.4 Å². The number of ether oxygens (including phenoxy) is 1. The van der Waals surface area contributed by atoms with Crippen LogP contribution in [0.25, 0.3) is 0 Å². The highest BCUT2D eigenvalue weighted by Gasteiger charge is 2.22. The number of pyridine rings is 1. The van der Waals surface area contributed by atoms with E-state index in [9.17, 15) is 4.79 Å². The minimum atomic E-state index is -0.137. The number of nitrogens with one attached hydrogen (secondary N) is 1. The summed E-state index contributed by atoms with van der Waals surface area (Å²) in [5, 5.41) is 3.63. The van der Waals surface area contributed by atoms with Crippen molar-refractivity contribution in [3.05, 3.63) is 58.9 Å². The number of benzene rings is 1. The molecule has 1 fully saturated rings. The molecule has 0 bridgehead atoms.